The molecule has 0 radical (unpaired) electrons. The molecule has 0 saturated carbocycles. The first-order valence-electron chi connectivity index (χ1n) is 9.19. The minimum absolute atomic E-state index is 0.182. The Morgan fingerprint density at radius 1 is 1.21 bits per heavy atom. The maximum absolute atomic E-state index is 13.0. The highest BCUT2D eigenvalue weighted by Crippen LogP contribution is 2.38. The minimum Gasteiger partial charge on any atom is -0.467 e. The van der Waals surface area contributed by atoms with Crippen molar-refractivity contribution in [2.24, 2.45) is 0 Å². The number of amides is 1. The lowest BCUT2D eigenvalue weighted by Crippen LogP contribution is -2.32. The molecule has 29 heavy (non-hydrogen) atoms. The van der Waals surface area contributed by atoms with Crippen LogP contribution in [-0.4, -0.2) is 27.4 Å². The summed E-state index contributed by atoms with van der Waals surface area (Å²) in [6, 6.07) is 14.7. The number of carbonyl (C=O) groups is 1. The van der Waals surface area contributed by atoms with Gasteiger partial charge >= 0.3 is 0 Å². The number of benzene rings is 1. The van der Waals surface area contributed by atoms with E-state index in [1.165, 1.54) is 24.3 Å². The molecule has 6 nitrogen and oxygen atoms in total. The molecule has 0 spiro atoms. The summed E-state index contributed by atoms with van der Waals surface area (Å²) < 4.78 is 18.7. The van der Waals surface area contributed by atoms with Crippen LogP contribution < -0.4 is 10.6 Å². The summed E-state index contributed by atoms with van der Waals surface area (Å²) in [6.07, 6.45) is 3.56. The largest absolute Gasteiger partial charge is 0.467 e. The van der Waals surface area contributed by atoms with Crippen molar-refractivity contribution < 1.29 is 13.6 Å². The number of hydrogen-bond acceptors (Lipinski definition) is 4. The third kappa shape index (κ3) is 4.27. The molecule has 1 fully saturated rings. The molecule has 2 atom stereocenters. The number of furan rings is 1. The van der Waals surface area contributed by atoms with Gasteiger partial charge in [0.1, 0.15) is 17.6 Å². The molecule has 3 aromatic rings. The molecular weight excluding hydrogens is 391 g/mol. The Morgan fingerprint density at radius 2 is 2.03 bits per heavy atom. The van der Waals surface area contributed by atoms with Crippen LogP contribution in [0.4, 0.5) is 10.1 Å². The van der Waals surface area contributed by atoms with Crippen molar-refractivity contribution in [1.82, 2.24) is 15.2 Å². The number of halogens is 1. The molecule has 2 aromatic heterocycles. The van der Waals surface area contributed by atoms with Gasteiger partial charge in [-0.25, -0.2) is 4.39 Å². The third-order valence-corrected chi connectivity index (χ3v) is 5.09. The number of aromatic nitrogens is 1. The van der Waals surface area contributed by atoms with Crippen LogP contribution in [0.15, 0.2) is 71.5 Å². The van der Waals surface area contributed by atoms with Crippen LogP contribution in [0, 0.1) is 5.82 Å². The first-order valence-corrected chi connectivity index (χ1v) is 9.59. The SMILES string of the molecule is O=C(CCN1C(=S)N[C@@H](c2ccccn2)[C@H]1c1ccco1)Nc1ccc(F)cc1. The number of rotatable bonds is 6. The van der Waals surface area contributed by atoms with E-state index in [2.05, 4.69) is 15.6 Å². The zero-order valence-corrected chi connectivity index (χ0v) is 16.2. The summed E-state index contributed by atoms with van der Waals surface area (Å²) in [4.78, 5) is 18.8. The monoisotopic (exact) mass is 410 g/mol. The Labute approximate surface area is 172 Å². The van der Waals surface area contributed by atoms with E-state index in [0.717, 1.165) is 11.5 Å². The second-order valence-electron chi connectivity index (χ2n) is 6.64. The van der Waals surface area contributed by atoms with Gasteiger partial charge in [-0.1, -0.05) is 6.07 Å². The summed E-state index contributed by atoms with van der Waals surface area (Å²) in [5.74, 6) is 0.212. The first kappa shape index (κ1) is 19.1. The van der Waals surface area contributed by atoms with Crippen LogP contribution >= 0.6 is 12.2 Å². The molecule has 0 unspecified atom stereocenters. The van der Waals surface area contributed by atoms with E-state index in [-0.39, 0.29) is 30.2 Å². The zero-order valence-electron chi connectivity index (χ0n) is 15.4. The van der Waals surface area contributed by atoms with E-state index in [4.69, 9.17) is 16.6 Å². The number of pyridine rings is 1. The second kappa shape index (κ2) is 8.40. The molecule has 2 N–H and O–H groups in total. The van der Waals surface area contributed by atoms with Crippen LogP contribution in [0.3, 0.4) is 0 Å². The highest BCUT2D eigenvalue weighted by Gasteiger charge is 2.41. The Bertz CT molecular complexity index is 980. The Hall–Kier alpha value is -3.26. The highest BCUT2D eigenvalue weighted by atomic mass is 32.1. The van der Waals surface area contributed by atoms with Crippen LogP contribution in [-0.2, 0) is 4.79 Å². The van der Waals surface area contributed by atoms with Crippen LogP contribution in [0.1, 0.15) is 30.0 Å². The van der Waals surface area contributed by atoms with E-state index < -0.39 is 0 Å². The van der Waals surface area contributed by atoms with Crippen LogP contribution in [0.5, 0.6) is 0 Å². The van der Waals surface area contributed by atoms with E-state index in [9.17, 15) is 9.18 Å². The summed E-state index contributed by atoms with van der Waals surface area (Å²) in [5, 5.41) is 6.61. The normalized spacial score (nSPS) is 18.5. The molecule has 1 saturated heterocycles. The van der Waals surface area contributed by atoms with Gasteiger partial charge in [0.05, 0.1) is 18.0 Å². The molecule has 1 aliphatic heterocycles. The number of thiocarbonyl (C=S) groups is 1. The number of anilines is 1. The van der Waals surface area contributed by atoms with Crippen molar-refractivity contribution in [2.75, 3.05) is 11.9 Å². The fourth-order valence-electron chi connectivity index (χ4n) is 3.39. The van der Waals surface area contributed by atoms with Gasteiger partial charge in [0.2, 0.25) is 5.91 Å². The van der Waals surface area contributed by atoms with Gasteiger partial charge in [-0.15, -0.1) is 0 Å². The lowest BCUT2D eigenvalue weighted by molar-refractivity contribution is -0.116. The number of nitrogens with zero attached hydrogens (tertiary/aromatic N) is 2. The van der Waals surface area contributed by atoms with E-state index in [1.54, 1.807) is 12.5 Å². The van der Waals surface area contributed by atoms with E-state index in [1.807, 2.05) is 35.2 Å². The smallest absolute Gasteiger partial charge is 0.226 e. The van der Waals surface area contributed by atoms with Crippen molar-refractivity contribution in [1.29, 1.82) is 0 Å². The number of carbonyl (C=O) groups excluding carboxylic acids is 1. The van der Waals surface area contributed by atoms with Crippen molar-refractivity contribution in [3.05, 3.63) is 84.3 Å². The number of hydrogen-bond donors (Lipinski definition) is 2. The summed E-state index contributed by atoms with van der Waals surface area (Å²) in [6.45, 7) is 0.396. The summed E-state index contributed by atoms with van der Waals surface area (Å²) in [5.41, 5.74) is 1.39. The second-order valence-corrected chi connectivity index (χ2v) is 7.03. The number of nitrogens with one attached hydrogen (secondary N) is 2. The van der Waals surface area contributed by atoms with Crippen LogP contribution in [0.25, 0.3) is 0 Å². The topological polar surface area (TPSA) is 70.4 Å². The zero-order chi connectivity index (χ0) is 20.2. The molecule has 3 heterocycles. The average molecular weight is 410 g/mol. The van der Waals surface area contributed by atoms with E-state index in [0.29, 0.717) is 17.3 Å². The lowest BCUT2D eigenvalue weighted by atomic mass is 10.0. The average Bonchev–Trinajstić information content (AvgIpc) is 3.36. The van der Waals surface area contributed by atoms with Gasteiger partial charge in [0, 0.05) is 24.8 Å². The van der Waals surface area contributed by atoms with E-state index >= 15 is 0 Å². The molecule has 1 amide bonds. The molecule has 0 bridgehead atoms. The van der Waals surface area contributed by atoms with Gasteiger partial charge in [0.15, 0.2) is 5.11 Å². The van der Waals surface area contributed by atoms with Gasteiger partial charge < -0.3 is 20.0 Å². The van der Waals surface area contributed by atoms with Gasteiger partial charge in [-0.2, -0.15) is 0 Å². The van der Waals surface area contributed by atoms with Crippen molar-refractivity contribution >= 4 is 28.9 Å². The highest BCUT2D eigenvalue weighted by molar-refractivity contribution is 7.80. The Morgan fingerprint density at radius 3 is 2.72 bits per heavy atom. The molecule has 0 aliphatic carbocycles. The molecule has 4 rings (SSSR count). The Balaban J connectivity index is 1.48. The summed E-state index contributed by atoms with van der Waals surface area (Å²) >= 11 is 5.54. The predicted molar refractivity (Wildman–Crippen MR) is 111 cm³/mol. The molecule has 1 aliphatic rings. The minimum atomic E-state index is -0.349. The van der Waals surface area contributed by atoms with Gasteiger partial charge in [-0.3, -0.25) is 9.78 Å². The fraction of sp³-hybridized carbons (Fsp3) is 0.190. The molecule has 8 heteroatoms. The predicted octanol–water partition coefficient (Wildman–Crippen LogP) is 3.82. The maximum Gasteiger partial charge on any atom is 0.226 e. The van der Waals surface area contributed by atoms with Crippen LogP contribution in [0.2, 0.25) is 0 Å². The molecular formula is C21H19FN4O2S. The Kier molecular flexibility index (Phi) is 5.53. The van der Waals surface area contributed by atoms with Gasteiger partial charge in [0.25, 0.3) is 0 Å². The fourth-order valence-corrected chi connectivity index (χ4v) is 3.73. The van der Waals surface area contributed by atoms with Crippen molar-refractivity contribution in [2.45, 2.75) is 18.5 Å². The lowest BCUT2D eigenvalue weighted by Gasteiger charge is -2.25. The standard InChI is InChI=1S/C21H19FN4O2S/c22-14-6-8-15(9-7-14)24-18(27)10-12-26-20(17-5-3-13-28-17)19(25-21(26)29)16-4-1-2-11-23-16/h1-9,11,13,19-20H,10,12H2,(H,24,27)(H,25,29)/t19-,20+/m0/s1. The summed E-state index contributed by atoms with van der Waals surface area (Å²) in [7, 11) is 0. The van der Waals surface area contributed by atoms with Crippen molar-refractivity contribution in [3.8, 4) is 0 Å². The molecule has 148 valence electrons. The first-order chi connectivity index (χ1) is 14.1. The quantitative estimate of drug-likeness (QED) is 0.602. The van der Waals surface area contributed by atoms with Gasteiger partial charge in [-0.05, 0) is 60.7 Å². The molecule has 1 aromatic carbocycles. The third-order valence-electron chi connectivity index (χ3n) is 4.74. The maximum atomic E-state index is 13.0. The van der Waals surface area contributed by atoms with Crippen molar-refractivity contribution in [3.63, 3.8) is 0 Å².